The molecule has 1 heterocycles. The fourth-order valence-corrected chi connectivity index (χ4v) is 3.91. The van der Waals surface area contributed by atoms with Crippen LogP contribution >= 0.6 is 23.2 Å². The van der Waals surface area contributed by atoms with Crippen molar-refractivity contribution in [3.05, 3.63) is 98.7 Å². The Hall–Kier alpha value is -3.61. The zero-order valence-electron chi connectivity index (χ0n) is 18.7. The molecule has 172 valence electrons. The Balaban J connectivity index is 1.58. The molecule has 0 spiro atoms. The van der Waals surface area contributed by atoms with Gasteiger partial charge < -0.3 is 10.6 Å². The molecule has 2 N–H and O–H groups in total. The molecule has 34 heavy (non-hydrogen) atoms. The van der Waals surface area contributed by atoms with Gasteiger partial charge in [0.25, 0.3) is 17.7 Å². The van der Waals surface area contributed by atoms with Crippen LogP contribution in [0.2, 0.25) is 5.02 Å². The molecule has 4 rings (SSSR count). The first kappa shape index (κ1) is 23.5. The summed E-state index contributed by atoms with van der Waals surface area (Å²) >= 11 is 12.3. The van der Waals surface area contributed by atoms with Gasteiger partial charge in [-0.3, -0.25) is 14.4 Å². The number of benzene rings is 3. The van der Waals surface area contributed by atoms with Gasteiger partial charge in [0, 0.05) is 22.0 Å². The molecule has 0 aromatic heterocycles. The second kappa shape index (κ2) is 9.33. The fourth-order valence-electron chi connectivity index (χ4n) is 3.52. The van der Waals surface area contributed by atoms with Gasteiger partial charge in [0.1, 0.15) is 10.7 Å². The van der Waals surface area contributed by atoms with E-state index in [1.54, 1.807) is 36.4 Å². The number of rotatable bonds is 5. The fraction of sp³-hybridized carbons (Fsp3) is 0.115. The average Bonchev–Trinajstić information content (AvgIpc) is 3.00. The summed E-state index contributed by atoms with van der Waals surface area (Å²) in [5.74, 6) is -1.57. The Morgan fingerprint density at radius 1 is 0.824 bits per heavy atom. The Labute approximate surface area is 207 Å². The standard InChI is InChI=1S/C26H21Cl2N3O3/c1-14-8-10-19(11-16(14)3)29-24(32)17-9-7-15(2)21(12-17)30-23-22(28)25(33)31(26(23)34)20-6-4-5-18(27)13-20/h4-13,30H,1-3H3,(H,29,32). The van der Waals surface area contributed by atoms with Gasteiger partial charge in [-0.2, -0.15) is 0 Å². The number of carbonyl (C=O) groups is 3. The van der Waals surface area contributed by atoms with E-state index in [9.17, 15) is 14.4 Å². The van der Waals surface area contributed by atoms with Crippen LogP contribution in [0.25, 0.3) is 0 Å². The molecule has 6 nitrogen and oxygen atoms in total. The largest absolute Gasteiger partial charge is 0.349 e. The Morgan fingerprint density at radius 2 is 1.56 bits per heavy atom. The van der Waals surface area contributed by atoms with Crippen LogP contribution in [0, 0.1) is 20.8 Å². The maximum absolute atomic E-state index is 13.1. The smallest absolute Gasteiger partial charge is 0.283 e. The molecule has 1 aliphatic rings. The first-order valence-corrected chi connectivity index (χ1v) is 11.2. The molecule has 3 aromatic carbocycles. The van der Waals surface area contributed by atoms with Gasteiger partial charge in [-0.15, -0.1) is 0 Å². The predicted molar refractivity (Wildman–Crippen MR) is 135 cm³/mol. The summed E-state index contributed by atoms with van der Waals surface area (Å²) in [5, 5.41) is 5.97. The maximum atomic E-state index is 13.1. The van der Waals surface area contributed by atoms with E-state index < -0.39 is 11.8 Å². The molecule has 0 aliphatic carbocycles. The number of hydrogen-bond acceptors (Lipinski definition) is 4. The number of carbonyl (C=O) groups excluding carboxylic acids is 3. The van der Waals surface area contributed by atoms with E-state index in [-0.39, 0.29) is 16.6 Å². The van der Waals surface area contributed by atoms with Crippen LogP contribution in [-0.4, -0.2) is 17.7 Å². The minimum atomic E-state index is -0.655. The summed E-state index contributed by atoms with van der Waals surface area (Å²) in [6.45, 7) is 5.79. The van der Waals surface area contributed by atoms with Crippen molar-refractivity contribution >= 4 is 58.0 Å². The molecular weight excluding hydrogens is 473 g/mol. The van der Waals surface area contributed by atoms with E-state index in [1.807, 2.05) is 39.0 Å². The van der Waals surface area contributed by atoms with Crippen molar-refractivity contribution in [3.8, 4) is 0 Å². The Bertz CT molecular complexity index is 1380. The van der Waals surface area contributed by atoms with Crippen molar-refractivity contribution in [1.29, 1.82) is 0 Å². The molecule has 0 unspecified atom stereocenters. The third-order valence-corrected chi connectivity index (χ3v) is 6.20. The minimum absolute atomic E-state index is 0.0681. The predicted octanol–water partition coefficient (Wildman–Crippen LogP) is 5.95. The molecule has 0 bridgehead atoms. The number of aryl methyl sites for hydroxylation is 3. The average molecular weight is 494 g/mol. The van der Waals surface area contributed by atoms with Gasteiger partial charge in [-0.1, -0.05) is 41.4 Å². The van der Waals surface area contributed by atoms with Crippen LogP contribution in [0.4, 0.5) is 17.1 Å². The zero-order chi connectivity index (χ0) is 24.6. The van der Waals surface area contributed by atoms with Gasteiger partial charge in [0.15, 0.2) is 0 Å². The van der Waals surface area contributed by atoms with Crippen LogP contribution in [-0.2, 0) is 9.59 Å². The molecule has 0 saturated heterocycles. The highest BCUT2D eigenvalue weighted by Crippen LogP contribution is 2.32. The van der Waals surface area contributed by atoms with Crippen molar-refractivity contribution in [3.63, 3.8) is 0 Å². The lowest BCUT2D eigenvalue weighted by Gasteiger charge is -2.16. The van der Waals surface area contributed by atoms with E-state index >= 15 is 0 Å². The van der Waals surface area contributed by atoms with Gasteiger partial charge in [-0.25, -0.2) is 4.90 Å². The molecule has 8 heteroatoms. The highest BCUT2D eigenvalue weighted by atomic mass is 35.5. The maximum Gasteiger partial charge on any atom is 0.283 e. The quantitative estimate of drug-likeness (QED) is 0.430. The van der Waals surface area contributed by atoms with E-state index in [0.29, 0.717) is 27.6 Å². The van der Waals surface area contributed by atoms with Crippen LogP contribution in [0.3, 0.4) is 0 Å². The number of imide groups is 1. The molecule has 0 atom stereocenters. The highest BCUT2D eigenvalue weighted by molar-refractivity contribution is 6.53. The van der Waals surface area contributed by atoms with Crippen molar-refractivity contribution in [2.45, 2.75) is 20.8 Å². The van der Waals surface area contributed by atoms with Crippen molar-refractivity contribution in [1.82, 2.24) is 0 Å². The lowest BCUT2D eigenvalue weighted by molar-refractivity contribution is -0.120. The SMILES string of the molecule is Cc1ccc(NC(=O)c2ccc(C)c(NC3=C(Cl)C(=O)N(c4cccc(Cl)c4)C3=O)c2)cc1C. The minimum Gasteiger partial charge on any atom is -0.349 e. The van der Waals surface area contributed by atoms with Gasteiger partial charge in [0.05, 0.1) is 5.69 Å². The monoisotopic (exact) mass is 493 g/mol. The first-order chi connectivity index (χ1) is 16.2. The molecule has 1 aliphatic heterocycles. The van der Waals surface area contributed by atoms with Gasteiger partial charge >= 0.3 is 0 Å². The molecule has 0 radical (unpaired) electrons. The zero-order valence-corrected chi connectivity index (χ0v) is 20.2. The molecular formula is C26H21Cl2N3O3. The highest BCUT2D eigenvalue weighted by Gasteiger charge is 2.39. The lowest BCUT2D eigenvalue weighted by Crippen LogP contribution is -2.32. The third kappa shape index (κ3) is 4.55. The first-order valence-electron chi connectivity index (χ1n) is 10.5. The van der Waals surface area contributed by atoms with E-state index in [2.05, 4.69) is 10.6 Å². The number of nitrogens with zero attached hydrogens (tertiary/aromatic N) is 1. The van der Waals surface area contributed by atoms with E-state index in [4.69, 9.17) is 23.2 Å². The van der Waals surface area contributed by atoms with Crippen LogP contribution in [0.5, 0.6) is 0 Å². The normalized spacial score (nSPS) is 13.5. The third-order valence-electron chi connectivity index (χ3n) is 5.62. The lowest BCUT2D eigenvalue weighted by atomic mass is 10.1. The van der Waals surface area contributed by atoms with E-state index in [0.717, 1.165) is 21.6 Å². The Kier molecular flexibility index (Phi) is 6.46. The molecule has 3 amide bonds. The van der Waals surface area contributed by atoms with Crippen LogP contribution < -0.4 is 15.5 Å². The summed E-state index contributed by atoms with van der Waals surface area (Å²) in [6.07, 6.45) is 0. The molecule has 0 saturated carbocycles. The summed E-state index contributed by atoms with van der Waals surface area (Å²) < 4.78 is 0. The number of halogens is 2. The Morgan fingerprint density at radius 3 is 2.26 bits per heavy atom. The summed E-state index contributed by atoms with van der Waals surface area (Å²) in [7, 11) is 0. The summed E-state index contributed by atoms with van der Waals surface area (Å²) in [5.41, 5.74) is 4.76. The van der Waals surface area contributed by atoms with Gasteiger partial charge in [0.2, 0.25) is 0 Å². The second-order valence-corrected chi connectivity index (χ2v) is 8.84. The molecule has 0 fully saturated rings. The number of anilines is 3. The van der Waals surface area contributed by atoms with Crippen LogP contribution in [0.1, 0.15) is 27.0 Å². The van der Waals surface area contributed by atoms with Crippen molar-refractivity contribution in [2.75, 3.05) is 15.5 Å². The number of hydrogen-bond donors (Lipinski definition) is 2. The summed E-state index contributed by atoms with van der Waals surface area (Å²) in [6, 6.07) is 17.1. The van der Waals surface area contributed by atoms with Crippen LogP contribution in [0.15, 0.2) is 71.4 Å². The van der Waals surface area contributed by atoms with Crippen molar-refractivity contribution in [2.24, 2.45) is 0 Å². The summed E-state index contributed by atoms with van der Waals surface area (Å²) in [4.78, 5) is 39.6. The number of nitrogens with one attached hydrogen (secondary N) is 2. The molecule has 3 aromatic rings. The van der Waals surface area contributed by atoms with Crippen molar-refractivity contribution < 1.29 is 14.4 Å². The van der Waals surface area contributed by atoms with E-state index in [1.165, 1.54) is 6.07 Å². The number of amides is 3. The topological polar surface area (TPSA) is 78.5 Å². The second-order valence-electron chi connectivity index (χ2n) is 8.02. The van der Waals surface area contributed by atoms with Gasteiger partial charge in [-0.05, 0) is 79.9 Å².